The SMILES string of the molecule is O=C(O)c1c(O)ccc(NC2CCCC2)c1O. The molecule has 0 radical (unpaired) electrons. The fraction of sp³-hybridized carbons (Fsp3) is 0.417. The Bertz CT molecular complexity index is 438. The maximum atomic E-state index is 10.9. The molecule has 0 bridgehead atoms. The highest BCUT2D eigenvalue weighted by atomic mass is 16.4. The standard InChI is InChI=1S/C12H15NO4/c14-9-6-5-8(11(15)10(9)12(16)17)13-7-3-1-2-4-7/h5-7,13-15H,1-4H2,(H,16,17). The van der Waals surface area contributed by atoms with Crippen LogP contribution >= 0.6 is 0 Å². The van der Waals surface area contributed by atoms with Crippen LogP contribution in [0.1, 0.15) is 36.0 Å². The maximum absolute atomic E-state index is 10.9. The summed E-state index contributed by atoms with van der Waals surface area (Å²) >= 11 is 0. The largest absolute Gasteiger partial charge is 0.507 e. The summed E-state index contributed by atoms with van der Waals surface area (Å²) in [4.78, 5) is 10.9. The van der Waals surface area contributed by atoms with Gasteiger partial charge in [-0.25, -0.2) is 4.79 Å². The molecule has 1 aromatic rings. The molecule has 1 fully saturated rings. The van der Waals surface area contributed by atoms with E-state index < -0.39 is 23.0 Å². The molecule has 1 aromatic carbocycles. The Balaban J connectivity index is 2.28. The molecular formula is C12H15NO4. The van der Waals surface area contributed by atoms with Gasteiger partial charge in [-0.15, -0.1) is 0 Å². The Hall–Kier alpha value is -1.91. The minimum absolute atomic E-state index is 0.270. The van der Waals surface area contributed by atoms with Crippen LogP contribution in [-0.4, -0.2) is 27.3 Å². The third-order valence-corrected chi connectivity index (χ3v) is 3.08. The van der Waals surface area contributed by atoms with Crippen LogP contribution in [0, 0.1) is 0 Å². The normalized spacial score (nSPS) is 16.0. The molecule has 1 saturated carbocycles. The second kappa shape index (κ2) is 4.53. The van der Waals surface area contributed by atoms with E-state index in [-0.39, 0.29) is 6.04 Å². The van der Waals surface area contributed by atoms with Crippen molar-refractivity contribution in [1.29, 1.82) is 0 Å². The third-order valence-electron chi connectivity index (χ3n) is 3.08. The van der Waals surface area contributed by atoms with E-state index in [0.717, 1.165) is 25.7 Å². The Labute approximate surface area is 98.7 Å². The first-order chi connectivity index (χ1) is 8.09. The van der Waals surface area contributed by atoms with Gasteiger partial charge in [-0.05, 0) is 25.0 Å². The Kier molecular flexibility index (Phi) is 3.08. The first-order valence-corrected chi connectivity index (χ1v) is 5.64. The molecule has 0 aliphatic heterocycles. The average Bonchev–Trinajstić information content (AvgIpc) is 2.74. The van der Waals surface area contributed by atoms with Gasteiger partial charge >= 0.3 is 5.97 Å². The van der Waals surface area contributed by atoms with Crippen molar-refractivity contribution in [2.24, 2.45) is 0 Å². The number of aromatic hydroxyl groups is 2. The second-order valence-electron chi connectivity index (χ2n) is 4.29. The van der Waals surface area contributed by atoms with Crippen LogP contribution in [0.4, 0.5) is 5.69 Å². The van der Waals surface area contributed by atoms with E-state index in [1.807, 2.05) is 0 Å². The van der Waals surface area contributed by atoms with E-state index in [2.05, 4.69) is 5.32 Å². The van der Waals surface area contributed by atoms with Crippen molar-refractivity contribution in [2.75, 3.05) is 5.32 Å². The van der Waals surface area contributed by atoms with Crippen molar-refractivity contribution in [1.82, 2.24) is 0 Å². The molecule has 0 atom stereocenters. The van der Waals surface area contributed by atoms with Crippen LogP contribution in [0.25, 0.3) is 0 Å². The van der Waals surface area contributed by atoms with Crippen LogP contribution in [-0.2, 0) is 0 Å². The van der Waals surface area contributed by atoms with Crippen LogP contribution in [0.15, 0.2) is 12.1 Å². The number of rotatable bonds is 3. The van der Waals surface area contributed by atoms with E-state index in [0.29, 0.717) is 5.69 Å². The zero-order chi connectivity index (χ0) is 12.4. The van der Waals surface area contributed by atoms with E-state index in [1.54, 1.807) is 0 Å². The molecule has 0 spiro atoms. The van der Waals surface area contributed by atoms with Gasteiger partial charge in [-0.1, -0.05) is 12.8 Å². The molecule has 5 heteroatoms. The monoisotopic (exact) mass is 237 g/mol. The number of hydrogen-bond acceptors (Lipinski definition) is 4. The minimum atomic E-state index is -1.34. The summed E-state index contributed by atoms with van der Waals surface area (Å²) < 4.78 is 0. The van der Waals surface area contributed by atoms with E-state index in [9.17, 15) is 15.0 Å². The van der Waals surface area contributed by atoms with Crippen LogP contribution < -0.4 is 5.32 Å². The maximum Gasteiger partial charge on any atom is 0.343 e. The van der Waals surface area contributed by atoms with Gasteiger partial charge in [0.15, 0.2) is 5.75 Å². The molecule has 0 aromatic heterocycles. The van der Waals surface area contributed by atoms with Gasteiger partial charge < -0.3 is 20.6 Å². The van der Waals surface area contributed by atoms with Gasteiger partial charge in [0.2, 0.25) is 0 Å². The number of aromatic carboxylic acids is 1. The number of hydrogen-bond donors (Lipinski definition) is 4. The lowest BCUT2D eigenvalue weighted by molar-refractivity contribution is 0.0690. The summed E-state index contributed by atoms with van der Waals surface area (Å²) in [6, 6.07) is 3.04. The highest BCUT2D eigenvalue weighted by Crippen LogP contribution is 2.35. The molecule has 17 heavy (non-hydrogen) atoms. The van der Waals surface area contributed by atoms with Gasteiger partial charge in [0.05, 0.1) is 5.69 Å². The van der Waals surface area contributed by atoms with Gasteiger partial charge in [0.1, 0.15) is 11.3 Å². The summed E-state index contributed by atoms with van der Waals surface area (Å²) in [5, 5.41) is 31.2. The van der Waals surface area contributed by atoms with Gasteiger partial charge in [-0.3, -0.25) is 0 Å². The Morgan fingerprint density at radius 1 is 1.24 bits per heavy atom. The minimum Gasteiger partial charge on any atom is -0.507 e. The van der Waals surface area contributed by atoms with Crippen LogP contribution in [0.5, 0.6) is 11.5 Å². The summed E-state index contributed by atoms with van der Waals surface area (Å²) in [6.45, 7) is 0. The van der Waals surface area contributed by atoms with Crippen molar-refractivity contribution in [2.45, 2.75) is 31.7 Å². The first kappa shape index (κ1) is 11.6. The summed E-state index contributed by atoms with van der Waals surface area (Å²) in [5.74, 6) is -2.16. The molecular weight excluding hydrogens is 222 g/mol. The molecule has 0 saturated heterocycles. The zero-order valence-electron chi connectivity index (χ0n) is 9.31. The number of nitrogens with one attached hydrogen (secondary N) is 1. The Morgan fingerprint density at radius 2 is 1.88 bits per heavy atom. The van der Waals surface area contributed by atoms with E-state index in [1.165, 1.54) is 12.1 Å². The highest BCUT2D eigenvalue weighted by molar-refractivity contribution is 5.96. The smallest absolute Gasteiger partial charge is 0.343 e. The fourth-order valence-corrected chi connectivity index (χ4v) is 2.20. The molecule has 1 aliphatic carbocycles. The Morgan fingerprint density at radius 3 is 2.47 bits per heavy atom. The quantitative estimate of drug-likeness (QED) is 0.477. The number of anilines is 1. The molecule has 92 valence electrons. The van der Waals surface area contributed by atoms with Crippen molar-refractivity contribution < 1.29 is 20.1 Å². The number of benzene rings is 1. The lowest BCUT2D eigenvalue weighted by Crippen LogP contribution is -2.15. The predicted octanol–water partition coefficient (Wildman–Crippen LogP) is 2.15. The molecule has 5 nitrogen and oxygen atoms in total. The van der Waals surface area contributed by atoms with Crippen molar-refractivity contribution in [3.05, 3.63) is 17.7 Å². The molecule has 0 heterocycles. The third kappa shape index (κ3) is 2.27. The van der Waals surface area contributed by atoms with Crippen molar-refractivity contribution in [3.63, 3.8) is 0 Å². The van der Waals surface area contributed by atoms with Crippen LogP contribution in [0.3, 0.4) is 0 Å². The molecule has 1 aliphatic rings. The topological polar surface area (TPSA) is 89.8 Å². The van der Waals surface area contributed by atoms with Crippen molar-refractivity contribution >= 4 is 11.7 Å². The summed E-state index contributed by atoms with van der Waals surface area (Å²) in [5.41, 5.74) is -0.0832. The second-order valence-corrected chi connectivity index (χ2v) is 4.29. The lowest BCUT2D eigenvalue weighted by atomic mass is 10.1. The van der Waals surface area contributed by atoms with Gasteiger partial charge in [-0.2, -0.15) is 0 Å². The molecule has 2 rings (SSSR count). The average molecular weight is 237 g/mol. The van der Waals surface area contributed by atoms with E-state index >= 15 is 0 Å². The fourth-order valence-electron chi connectivity index (χ4n) is 2.20. The zero-order valence-corrected chi connectivity index (χ0v) is 9.31. The highest BCUT2D eigenvalue weighted by Gasteiger charge is 2.21. The number of carboxylic acids is 1. The molecule has 0 amide bonds. The van der Waals surface area contributed by atoms with Gasteiger partial charge in [0.25, 0.3) is 0 Å². The van der Waals surface area contributed by atoms with Gasteiger partial charge in [0, 0.05) is 6.04 Å². The summed E-state index contributed by atoms with van der Waals surface area (Å²) in [7, 11) is 0. The lowest BCUT2D eigenvalue weighted by Gasteiger charge is -2.16. The van der Waals surface area contributed by atoms with E-state index in [4.69, 9.17) is 5.11 Å². The molecule has 4 N–H and O–H groups in total. The number of phenols is 2. The van der Waals surface area contributed by atoms with Crippen molar-refractivity contribution in [3.8, 4) is 11.5 Å². The van der Waals surface area contributed by atoms with Crippen LogP contribution in [0.2, 0.25) is 0 Å². The summed E-state index contributed by atoms with van der Waals surface area (Å²) in [6.07, 6.45) is 4.32. The first-order valence-electron chi connectivity index (χ1n) is 5.64. The number of carbonyl (C=O) groups is 1. The number of carboxylic acid groups (broad SMARTS) is 1. The predicted molar refractivity (Wildman–Crippen MR) is 62.6 cm³/mol. The molecule has 0 unspecified atom stereocenters.